The molecule has 1 aliphatic rings. The second-order valence-corrected chi connectivity index (χ2v) is 6.60. The van der Waals surface area contributed by atoms with Crippen LogP contribution in [0.2, 0.25) is 0 Å². The van der Waals surface area contributed by atoms with Crippen LogP contribution in [-0.4, -0.2) is 34.1 Å². The molecule has 0 amide bonds. The third-order valence-electron chi connectivity index (χ3n) is 3.85. The highest BCUT2D eigenvalue weighted by Crippen LogP contribution is 2.21. The second kappa shape index (κ2) is 6.60. The van der Waals surface area contributed by atoms with E-state index in [-0.39, 0.29) is 0 Å². The summed E-state index contributed by atoms with van der Waals surface area (Å²) in [7, 11) is 0. The van der Waals surface area contributed by atoms with Gasteiger partial charge in [0.2, 0.25) is 0 Å². The molecule has 3 rings (SSSR count). The molecule has 22 heavy (non-hydrogen) atoms. The van der Waals surface area contributed by atoms with Crippen molar-refractivity contribution in [2.24, 2.45) is 0 Å². The minimum Gasteiger partial charge on any atom is -0.367 e. The van der Waals surface area contributed by atoms with Gasteiger partial charge >= 0.3 is 0 Å². The number of rotatable bonds is 3. The van der Waals surface area contributed by atoms with Crippen LogP contribution in [-0.2, 0) is 0 Å². The number of aryl methyl sites for hydroxylation is 2. The van der Waals surface area contributed by atoms with Gasteiger partial charge in [0.15, 0.2) is 0 Å². The first kappa shape index (κ1) is 15.2. The monoisotopic (exact) mass is 361 g/mol. The van der Waals surface area contributed by atoms with Crippen LogP contribution in [0.1, 0.15) is 24.4 Å². The molecule has 0 aromatic carbocycles. The topological polar surface area (TPSA) is 53.9 Å². The van der Waals surface area contributed by atoms with E-state index >= 15 is 0 Å². The molecule has 3 heterocycles. The molecule has 2 aromatic heterocycles. The zero-order chi connectivity index (χ0) is 15.5. The van der Waals surface area contributed by atoms with Crippen molar-refractivity contribution in [3.8, 4) is 0 Å². The predicted molar refractivity (Wildman–Crippen MR) is 92.3 cm³/mol. The van der Waals surface area contributed by atoms with E-state index in [4.69, 9.17) is 0 Å². The number of aromatic nitrogens is 3. The van der Waals surface area contributed by atoms with Crippen molar-refractivity contribution >= 4 is 27.6 Å². The van der Waals surface area contributed by atoms with Gasteiger partial charge in [-0.15, -0.1) is 0 Å². The lowest BCUT2D eigenvalue weighted by atomic mass is 10.0. The number of piperidine rings is 1. The van der Waals surface area contributed by atoms with Crippen LogP contribution in [0.3, 0.4) is 0 Å². The van der Waals surface area contributed by atoms with Crippen molar-refractivity contribution < 1.29 is 0 Å². The number of halogens is 1. The summed E-state index contributed by atoms with van der Waals surface area (Å²) in [6.07, 6.45) is 3.99. The fraction of sp³-hybridized carbons (Fsp3) is 0.438. The van der Waals surface area contributed by atoms with Crippen LogP contribution in [0, 0.1) is 13.8 Å². The van der Waals surface area contributed by atoms with Gasteiger partial charge in [0.1, 0.15) is 17.5 Å². The molecule has 6 heteroatoms. The van der Waals surface area contributed by atoms with Crippen molar-refractivity contribution in [2.45, 2.75) is 32.7 Å². The molecule has 0 atom stereocenters. The third kappa shape index (κ3) is 3.74. The zero-order valence-electron chi connectivity index (χ0n) is 12.9. The van der Waals surface area contributed by atoms with E-state index in [0.29, 0.717) is 6.04 Å². The lowest BCUT2D eigenvalue weighted by Gasteiger charge is -2.33. The molecule has 0 spiro atoms. The summed E-state index contributed by atoms with van der Waals surface area (Å²) >= 11 is 3.41. The van der Waals surface area contributed by atoms with E-state index in [9.17, 15) is 0 Å². The molecule has 0 unspecified atom stereocenters. The van der Waals surface area contributed by atoms with Crippen molar-refractivity contribution in [1.82, 2.24) is 15.0 Å². The molecule has 0 radical (unpaired) electrons. The minimum absolute atomic E-state index is 0.467. The maximum absolute atomic E-state index is 4.55. The SMILES string of the molecule is Cc1cc(N2CCC(Nc3ccc(Br)cn3)CC2)nc(C)n1. The number of anilines is 2. The van der Waals surface area contributed by atoms with Crippen LogP contribution >= 0.6 is 15.9 Å². The highest BCUT2D eigenvalue weighted by atomic mass is 79.9. The van der Waals surface area contributed by atoms with E-state index in [1.807, 2.05) is 32.2 Å². The molecule has 1 saturated heterocycles. The molecule has 5 nitrogen and oxygen atoms in total. The Morgan fingerprint density at radius 3 is 2.59 bits per heavy atom. The summed E-state index contributed by atoms with van der Waals surface area (Å²) < 4.78 is 1.00. The summed E-state index contributed by atoms with van der Waals surface area (Å²) in [5, 5.41) is 3.51. The van der Waals surface area contributed by atoms with Crippen LogP contribution < -0.4 is 10.2 Å². The molecular formula is C16H20BrN5. The molecule has 1 N–H and O–H groups in total. The van der Waals surface area contributed by atoms with Gasteiger partial charge in [-0.2, -0.15) is 0 Å². The lowest BCUT2D eigenvalue weighted by molar-refractivity contribution is 0.521. The van der Waals surface area contributed by atoms with Gasteiger partial charge in [0.25, 0.3) is 0 Å². The summed E-state index contributed by atoms with van der Waals surface area (Å²) in [6.45, 7) is 5.98. The minimum atomic E-state index is 0.467. The van der Waals surface area contributed by atoms with Crippen LogP contribution in [0.15, 0.2) is 28.9 Å². The Labute approximate surface area is 139 Å². The maximum Gasteiger partial charge on any atom is 0.132 e. The summed E-state index contributed by atoms with van der Waals surface area (Å²) in [4.78, 5) is 15.6. The van der Waals surface area contributed by atoms with Gasteiger partial charge in [-0.3, -0.25) is 0 Å². The summed E-state index contributed by atoms with van der Waals surface area (Å²) in [5.74, 6) is 2.83. The molecule has 116 valence electrons. The smallest absolute Gasteiger partial charge is 0.132 e. The van der Waals surface area contributed by atoms with Crippen LogP contribution in [0.5, 0.6) is 0 Å². The fourth-order valence-electron chi connectivity index (χ4n) is 2.78. The van der Waals surface area contributed by atoms with E-state index < -0.39 is 0 Å². The van der Waals surface area contributed by atoms with Gasteiger partial charge in [-0.25, -0.2) is 15.0 Å². The fourth-order valence-corrected chi connectivity index (χ4v) is 3.02. The van der Waals surface area contributed by atoms with Crippen molar-refractivity contribution in [3.05, 3.63) is 40.4 Å². The standard InChI is InChI=1S/C16H20BrN5/c1-11-9-16(20-12(2)19-11)22-7-5-14(6-8-22)21-15-4-3-13(17)10-18-15/h3-4,9-10,14H,5-8H2,1-2H3,(H,18,21). The summed E-state index contributed by atoms with van der Waals surface area (Å²) in [5.41, 5.74) is 1.03. The van der Waals surface area contributed by atoms with Crippen molar-refractivity contribution in [2.75, 3.05) is 23.3 Å². The predicted octanol–water partition coefficient (Wildman–Crippen LogP) is 3.33. The third-order valence-corrected chi connectivity index (χ3v) is 4.32. The number of pyridine rings is 1. The summed E-state index contributed by atoms with van der Waals surface area (Å²) in [6, 6.07) is 6.55. The Morgan fingerprint density at radius 2 is 1.95 bits per heavy atom. The number of nitrogens with one attached hydrogen (secondary N) is 1. The Bertz CT molecular complexity index is 615. The number of nitrogens with zero attached hydrogens (tertiary/aromatic N) is 4. The van der Waals surface area contributed by atoms with Crippen LogP contribution in [0.25, 0.3) is 0 Å². The average Bonchev–Trinajstić information content (AvgIpc) is 2.49. The number of hydrogen-bond acceptors (Lipinski definition) is 5. The Kier molecular flexibility index (Phi) is 4.57. The van der Waals surface area contributed by atoms with Crippen LogP contribution in [0.4, 0.5) is 11.6 Å². The molecule has 1 aliphatic heterocycles. The van der Waals surface area contributed by atoms with E-state index in [1.165, 1.54) is 0 Å². The molecule has 0 aliphatic carbocycles. The zero-order valence-corrected chi connectivity index (χ0v) is 14.5. The molecular weight excluding hydrogens is 342 g/mol. The van der Waals surface area contributed by atoms with Crippen molar-refractivity contribution in [3.63, 3.8) is 0 Å². The largest absolute Gasteiger partial charge is 0.367 e. The Balaban J connectivity index is 1.59. The molecule has 1 fully saturated rings. The van der Waals surface area contributed by atoms with Gasteiger partial charge in [0.05, 0.1) is 0 Å². The molecule has 0 saturated carbocycles. The van der Waals surface area contributed by atoms with Crippen molar-refractivity contribution in [1.29, 1.82) is 0 Å². The number of hydrogen-bond donors (Lipinski definition) is 1. The van der Waals surface area contributed by atoms with Gasteiger partial charge in [0, 0.05) is 41.6 Å². The van der Waals surface area contributed by atoms with Gasteiger partial charge in [-0.1, -0.05) is 0 Å². The van der Waals surface area contributed by atoms with E-state index in [0.717, 1.165) is 53.6 Å². The Hall–Kier alpha value is -1.69. The first-order valence-electron chi connectivity index (χ1n) is 7.55. The second-order valence-electron chi connectivity index (χ2n) is 5.68. The maximum atomic E-state index is 4.55. The highest BCUT2D eigenvalue weighted by molar-refractivity contribution is 9.10. The lowest BCUT2D eigenvalue weighted by Crippen LogP contribution is -2.39. The van der Waals surface area contributed by atoms with Gasteiger partial charge < -0.3 is 10.2 Å². The highest BCUT2D eigenvalue weighted by Gasteiger charge is 2.20. The first-order chi connectivity index (χ1) is 10.6. The normalized spacial score (nSPS) is 15.9. The Morgan fingerprint density at radius 1 is 1.18 bits per heavy atom. The quantitative estimate of drug-likeness (QED) is 0.908. The molecule has 0 bridgehead atoms. The van der Waals surface area contributed by atoms with Gasteiger partial charge in [-0.05, 0) is 54.8 Å². The molecule has 2 aromatic rings. The first-order valence-corrected chi connectivity index (χ1v) is 8.35. The van der Waals surface area contributed by atoms with E-state index in [2.05, 4.69) is 47.2 Å². The van der Waals surface area contributed by atoms with E-state index in [1.54, 1.807) is 0 Å². The average molecular weight is 362 g/mol.